The van der Waals surface area contributed by atoms with Crippen molar-refractivity contribution >= 4 is 43.2 Å². The number of aryl methyl sites for hydroxylation is 2. The van der Waals surface area contributed by atoms with E-state index in [4.69, 9.17) is 21.1 Å². The number of nitrogens with zero attached hydrogens (tertiary/aromatic N) is 4. The van der Waals surface area contributed by atoms with Crippen LogP contribution in [-0.4, -0.2) is 50.8 Å². The average Bonchev–Trinajstić information content (AvgIpc) is 2.99. The molecule has 12 nitrogen and oxygen atoms in total. The molecule has 0 amide bonds. The van der Waals surface area contributed by atoms with E-state index >= 15 is 0 Å². The Hall–Kier alpha value is -3.10. The van der Waals surface area contributed by atoms with Crippen LogP contribution in [-0.2, 0) is 27.1 Å². The lowest BCUT2D eigenvalue weighted by atomic mass is 10.3. The van der Waals surface area contributed by atoms with Gasteiger partial charge in [-0.15, -0.1) is 0 Å². The van der Waals surface area contributed by atoms with Gasteiger partial charge in [-0.1, -0.05) is 11.6 Å². The van der Waals surface area contributed by atoms with Gasteiger partial charge in [0.25, 0.3) is 20.0 Å². The van der Waals surface area contributed by atoms with Gasteiger partial charge in [-0.05, 0) is 31.2 Å². The summed E-state index contributed by atoms with van der Waals surface area (Å²) in [6, 6.07) is 6.25. The fourth-order valence-corrected chi connectivity index (χ4v) is 5.48. The molecular formula is C17H19ClN6O6S2. The molecule has 1 aromatic carbocycles. The minimum atomic E-state index is -4.05. The Labute approximate surface area is 189 Å². The highest BCUT2D eigenvalue weighted by atomic mass is 35.5. The average molecular weight is 503 g/mol. The molecule has 0 fully saturated rings. The van der Waals surface area contributed by atoms with Crippen molar-refractivity contribution in [2.24, 2.45) is 7.05 Å². The summed E-state index contributed by atoms with van der Waals surface area (Å²) >= 11 is 6.04. The summed E-state index contributed by atoms with van der Waals surface area (Å²) in [6.45, 7) is 1.51. The topological polar surface area (TPSA) is 154 Å². The van der Waals surface area contributed by atoms with Crippen molar-refractivity contribution in [3.8, 4) is 11.9 Å². The summed E-state index contributed by atoms with van der Waals surface area (Å²) in [5.74, 6) is 0.0313. The van der Waals surface area contributed by atoms with E-state index in [0.717, 1.165) is 0 Å². The minimum Gasteiger partial charge on any atom is -0.481 e. The smallest absolute Gasteiger partial charge is 0.321 e. The zero-order valence-corrected chi connectivity index (χ0v) is 19.7. The number of ether oxygens (including phenoxy) is 2. The summed E-state index contributed by atoms with van der Waals surface area (Å²) in [6.07, 6.45) is 0. The zero-order chi connectivity index (χ0) is 23.7. The third-order valence-corrected chi connectivity index (χ3v) is 7.55. The van der Waals surface area contributed by atoms with Crippen molar-refractivity contribution in [3.05, 3.63) is 41.2 Å². The highest BCUT2D eigenvalue weighted by Gasteiger charge is 2.25. The van der Waals surface area contributed by atoms with Crippen LogP contribution in [0.3, 0.4) is 0 Å². The first-order valence-corrected chi connectivity index (χ1v) is 12.1. The van der Waals surface area contributed by atoms with Crippen molar-refractivity contribution in [1.82, 2.24) is 19.7 Å². The number of methoxy groups -OCH3 is 2. The minimum absolute atomic E-state index is 0.0471. The van der Waals surface area contributed by atoms with Crippen molar-refractivity contribution < 1.29 is 26.3 Å². The van der Waals surface area contributed by atoms with Gasteiger partial charge in [0.1, 0.15) is 10.0 Å². The van der Waals surface area contributed by atoms with Gasteiger partial charge >= 0.3 is 6.01 Å². The molecular weight excluding hydrogens is 484 g/mol. The van der Waals surface area contributed by atoms with Gasteiger partial charge in [0.2, 0.25) is 5.88 Å². The van der Waals surface area contributed by atoms with Gasteiger partial charge in [0.15, 0.2) is 5.82 Å². The zero-order valence-electron chi connectivity index (χ0n) is 17.3. The normalized spacial score (nSPS) is 11.8. The maximum atomic E-state index is 12.7. The highest BCUT2D eigenvalue weighted by molar-refractivity contribution is 7.93. The molecule has 0 aliphatic rings. The number of benzene rings is 1. The van der Waals surface area contributed by atoms with Crippen molar-refractivity contribution in [1.29, 1.82) is 0 Å². The molecule has 2 aromatic heterocycles. The SMILES string of the molecule is COc1cc(NS(=O)(=O)c2ccc(NS(=O)(=O)c3c(C)nn(C)c3Cl)cc2)nc(OC)n1. The van der Waals surface area contributed by atoms with Crippen LogP contribution >= 0.6 is 11.6 Å². The van der Waals surface area contributed by atoms with E-state index in [0.29, 0.717) is 0 Å². The Balaban J connectivity index is 1.83. The summed E-state index contributed by atoms with van der Waals surface area (Å²) in [5.41, 5.74) is 0.359. The molecule has 3 aromatic rings. The number of halogens is 1. The van der Waals surface area contributed by atoms with E-state index in [2.05, 4.69) is 24.5 Å². The predicted octanol–water partition coefficient (Wildman–Crippen LogP) is 1.79. The van der Waals surface area contributed by atoms with E-state index in [1.807, 2.05) is 0 Å². The summed E-state index contributed by atoms with van der Waals surface area (Å²) < 4.78 is 66.5. The molecule has 0 saturated heterocycles. The largest absolute Gasteiger partial charge is 0.481 e. The molecule has 15 heteroatoms. The molecule has 0 saturated carbocycles. The first kappa shape index (κ1) is 23.6. The Bertz CT molecular complexity index is 1330. The molecule has 0 atom stereocenters. The lowest BCUT2D eigenvalue weighted by Gasteiger charge is -2.11. The first-order valence-electron chi connectivity index (χ1n) is 8.78. The van der Waals surface area contributed by atoms with Gasteiger partial charge in [-0.25, -0.2) is 16.8 Å². The molecule has 0 aliphatic heterocycles. The molecule has 0 unspecified atom stereocenters. The Morgan fingerprint density at radius 1 is 0.969 bits per heavy atom. The van der Waals surface area contributed by atoms with E-state index < -0.39 is 20.0 Å². The molecule has 0 bridgehead atoms. The van der Waals surface area contributed by atoms with Crippen LogP contribution in [0.5, 0.6) is 11.9 Å². The lowest BCUT2D eigenvalue weighted by molar-refractivity contribution is 0.353. The van der Waals surface area contributed by atoms with Crippen molar-refractivity contribution in [2.75, 3.05) is 23.7 Å². The second-order valence-corrected chi connectivity index (χ2v) is 10.0. The van der Waals surface area contributed by atoms with Crippen LogP contribution in [0.25, 0.3) is 0 Å². The predicted molar refractivity (Wildman–Crippen MR) is 116 cm³/mol. The highest BCUT2D eigenvalue weighted by Crippen LogP contribution is 2.27. The first-order chi connectivity index (χ1) is 15.0. The third kappa shape index (κ3) is 4.87. The Kier molecular flexibility index (Phi) is 6.48. The van der Waals surface area contributed by atoms with Crippen molar-refractivity contribution in [2.45, 2.75) is 16.7 Å². The quantitative estimate of drug-likeness (QED) is 0.469. The molecule has 0 aliphatic carbocycles. The maximum Gasteiger partial charge on any atom is 0.321 e. The summed E-state index contributed by atoms with van der Waals surface area (Å²) in [4.78, 5) is 7.51. The van der Waals surface area contributed by atoms with Crippen molar-refractivity contribution in [3.63, 3.8) is 0 Å². The third-order valence-electron chi connectivity index (χ3n) is 4.10. The van der Waals surface area contributed by atoms with Crippen LogP contribution in [0.15, 0.2) is 40.1 Å². The fourth-order valence-electron chi connectivity index (χ4n) is 2.67. The van der Waals surface area contributed by atoms with Crippen LogP contribution in [0.1, 0.15) is 5.69 Å². The lowest BCUT2D eigenvalue weighted by Crippen LogP contribution is -2.16. The number of hydrogen-bond acceptors (Lipinski definition) is 9. The van der Waals surface area contributed by atoms with Crippen LogP contribution in [0.2, 0.25) is 5.15 Å². The van der Waals surface area contributed by atoms with Crippen LogP contribution in [0.4, 0.5) is 11.5 Å². The van der Waals surface area contributed by atoms with E-state index in [9.17, 15) is 16.8 Å². The number of sulfonamides is 2. The molecule has 0 spiro atoms. The second-order valence-electron chi connectivity index (χ2n) is 6.35. The molecule has 2 heterocycles. The van der Waals surface area contributed by atoms with Gasteiger partial charge in [-0.2, -0.15) is 15.1 Å². The van der Waals surface area contributed by atoms with E-state index in [-0.39, 0.29) is 44.0 Å². The molecule has 32 heavy (non-hydrogen) atoms. The standard InChI is InChI=1S/C17H19ClN6O6S2/c1-10-15(16(18)24(2)21-10)32(27,28)22-11-5-7-12(8-6-11)31(25,26)23-13-9-14(29-3)20-17(19-13)30-4/h5-9,22H,1-4H3,(H,19,20,23). The summed E-state index contributed by atoms with van der Waals surface area (Å²) in [5, 5.41) is 3.93. The number of rotatable bonds is 8. The maximum absolute atomic E-state index is 12.7. The van der Waals surface area contributed by atoms with Gasteiger partial charge in [0, 0.05) is 18.8 Å². The molecule has 0 radical (unpaired) electrons. The number of nitrogens with one attached hydrogen (secondary N) is 2. The van der Waals surface area contributed by atoms with E-state index in [1.165, 1.54) is 63.2 Å². The monoisotopic (exact) mass is 502 g/mol. The number of aromatic nitrogens is 4. The Morgan fingerprint density at radius 3 is 2.16 bits per heavy atom. The van der Waals surface area contributed by atoms with Crippen LogP contribution in [0, 0.1) is 6.92 Å². The van der Waals surface area contributed by atoms with Gasteiger partial charge in [0.05, 0.1) is 24.8 Å². The van der Waals surface area contributed by atoms with Crippen LogP contribution < -0.4 is 18.9 Å². The molecule has 2 N–H and O–H groups in total. The fraction of sp³-hybridized carbons (Fsp3) is 0.235. The number of anilines is 2. The van der Waals surface area contributed by atoms with Gasteiger partial charge in [-0.3, -0.25) is 14.1 Å². The molecule has 3 rings (SSSR count). The van der Waals surface area contributed by atoms with E-state index in [1.54, 1.807) is 0 Å². The molecule has 172 valence electrons. The summed E-state index contributed by atoms with van der Waals surface area (Å²) in [7, 11) is -3.89. The second kappa shape index (κ2) is 8.80. The van der Waals surface area contributed by atoms with Gasteiger partial charge < -0.3 is 9.47 Å². The Morgan fingerprint density at radius 2 is 1.62 bits per heavy atom. The number of hydrogen-bond donors (Lipinski definition) is 2.